The van der Waals surface area contributed by atoms with Gasteiger partial charge in [0.2, 0.25) is 0 Å². The van der Waals surface area contributed by atoms with Crippen LogP contribution in [0.2, 0.25) is 0 Å². The number of rotatable bonds is 0. The van der Waals surface area contributed by atoms with Gasteiger partial charge in [0, 0.05) is 21.4 Å². The van der Waals surface area contributed by atoms with Crippen molar-refractivity contribution in [3.63, 3.8) is 0 Å². The molecule has 116 valence electrons. The molecule has 2 heteroatoms. The average Bonchev–Trinajstić information content (AvgIpc) is 2.82. The van der Waals surface area contributed by atoms with Crippen LogP contribution >= 0.6 is 0 Å². The fraction of sp³-hybridized carbons (Fsp3) is 0.600. The molecular weight excluding hydrogens is 272 g/mol. The van der Waals surface area contributed by atoms with E-state index in [1.165, 1.54) is 12.2 Å². The number of carbonyl (C=O) groups is 2. The van der Waals surface area contributed by atoms with Crippen LogP contribution in [0.1, 0.15) is 50.0 Å². The molecule has 0 aliphatic heterocycles. The van der Waals surface area contributed by atoms with E-state index < -0.39 is 12.3 Å². The molecule has 0 amide bonds. The first-order valence-corrected chi connectivity index (χ1v) is 8.28. The lowest BCUT2D eigenvalue weighted by molar-refractivity contribution is -0.131. The summed E-state index contributed by atoms with van der Waals surface area (Å²) in [6, 6.07) is 0. The van der Waals surface area contributed by atoms with Crippen molar-refractivity contribution in [2.45, 2.75) is 45.9 Å². The van der Waals surface area contributed by atoms with Crippen LogP contribution in [0, 0.1) is 28.6 Å². The van der Waals surface area contributed by atoms with Gasteiger partial charge in [-0.05, 0) is 61.2 Å². The molecule has 3 saturated carbocycles. The van der Waals surface area contributed by atoms with Gasteiger partial charge in [0.25, 0.3) is 0 Å². The Morgan fingerprint density at radius 3 is 2.91 bits per heavy atom. The van der Waals surface area contributed by atoms with Crippen LogP contribution in [0.5, 0.6) is 0 Å². The van der Waals surface area contributed by atoms with Crippen LogP contribution in [0.4, 0.5) is 0 Å². The van der Waals surface area contributed by atoms with Gasteiger partial charge in [-0.2, -0.15) is 0 Å². The Kier molecular flexibility index (Phi) is 2.18. The summed E-state index contributed by atoms with van der Waals surface area (Å²) in [5.41, 5.74) is -0.0754. The highest BCUT2D eigenvalue weighted by Crippen LogP contribution is 2.64. The summed E-state index contributed by atoms with van der Waals surface area (Å²) in [5, 5.41) is 0. The Bertz CT molecular complexity index is 745. The molecule has 4 aliphatic rings. The maximum atomic E-state index is 12.5. The third-order valence-corrected chi connectivity index (χ3v) is 6.84. The molecule has 0 heterocycles. The first-order valence-electron chi connectivity index (χ1n) is 9.78. The largest absolute Gasteiger partial charge is 0.299 e. The van der Waals surface area contributed by atoms with Gasteiger partial charge in [-0.25, -0.2) is 0 Å². The molecule has 0 radical (unpaired) electrons. The number of hydrogen-bond donors (Lipinski definition) is 0. The van der Waals surface area contributed by atoms with E-state index in [-0.39, 0.29) is 29.0 Å². The van der Waals surface area contributed by atoms with Gasteiger partial charge in [0.15, 0.2) is 5.78 Å². The number of allylic oxidation sites excluding steroid dienone is 5. The first-order chi connectivity index (χ1) is 11.6. The summed E-state index contributed by atoms with van der Waals surface area (Å²) in [7, 11) is 0. The molecule has 4 rings (SSSR count). The Balaban J connectivity index is 1.87. The molecule has 5 atom stereocenters. The smallest absolute Gasteiger partial charge is 0.178 e. The van der Waals surface area contributed by atoms with Gasteiger partial charge in [0.05, 0.1) is 0 Å². The van der Waals surface area contributed by atoms with Crippen molar-refractivity contribution < 1.29 is 13.7 Å². The normalized spacial score (nSPS) is 49.5. The highest BCUT2D eigenvalue weighted by atomic mass is 16.1. The predicted molar refractivity (Wildman–Crippen MR) is 86.1 cm³/mol. The van der Waals surface area contributed by atoms with Crippen molar-refractivity contribution in [3.8, 4) is 0 Å². The van der Waals surface area contributed by atoms with E-state index >= 15 is 0 Å². The second-order valence-corrected chi connectivity index (χ2v) is 7.77. The molecule has 0 aromatic heterocycles. The zero-order valence-electron chi connectivity index (χ0n) is 16.0. The lowest BCUT2D eigenvalue weighted by atomic mass is 9.48. The zero-order valence-corrected chi connectivity index (χ0v) is 13.0. The summed E-state index contributed by atoms with van der Waals surface area (Å²) in [6.07, 6.45) is 8.15. The molecule has 0 bridgehead atoms. The quantitative estimate of drug-likeness (QED) is 0.677. The van der Waals surface area contributed by atoms with Gasteiger partial charge < -0.3 is 0 Å². The molecule has 22 heavy (non-hydrogen) atoms. The summed E-state index contributed by atoms with van der Waals surface area (Å²) in [4.78, 5) is 24.4. The van der Waals surface area contributed by atoms with Crippen LogP contribution in [0.25, 0.3) is 0 Å². The Morgan fingerprint density at radius 1 is 1.32 bits per heavy atom. The van der Waals surface area contributed by atoms with Crippen molar-refractivity contribution in [2.24, 2.45) is 28.6 Å². The van der Waals surface area contributed by atoms with Crippen LogP contribution < -0.4 is 0 Å². The lowest BCUT2D eigenvalue weighted by Gasteiger charge is -2.56. The average molecular weight is 299 g/mol. The maximum Gasteiger partial charge on any atom is 0.178 e. The summed E-state index contributed by atoms with van der Waals surface area (Å²) in [5.74, 6) is 0.479. The minimum absolute atomic E-state index is 0.0647. The molecule has 3 fully saturated rings. The molecule has 4 aliphatic carbocycles. The number of ketones is 2. The highest BCUT2D eigenvalue weighted by Gasteiger charge is 2.59. The van der Waals surface area contributed by atoms with Gasteiger partial charge in [-0.1, -0.05) is 32.0 Å². The fourth-order valence-electron chi connectivity index (χ4n) is 5.63. The summed E-state index contributed by atoms with van der Waals surface area (Å²) in [6.45, 7) is 3.98. The van der Waals surface area contributed by atoms with E-state index in [4.69, 9.17) is 4.11 Å². The molecule has 0 aromatic rings. The molecule has 0 N–H and O–H groups in total. The van der Waals surface area contributed by atoms with Gasteiger partial charge in [-0.3, -0.25) is 9.59 Å². The molecule has 0 spiro atoms. The molecule has 0 saturated heterocycles. The monoisotopic (exact) mass is 299 g/mol. The minimum Gasteiger partial charge on any atom is -0.299 e. The van der Waals surface area contributed by atoms with Crippen LogP contribution in [0.3, 0.4) is 0 Å². The number of Topliss-reactive ketones (excluding diaryl/α,β-unsaturated/α-hetero) is 1. The fourth-order valence-corrected chi connectivity index (χ4v) is 5.63. The van der Waals surface area contributed by atoms with Crippen molar-refractivity contribution in [1.82, 2.24) is 0 Å². The third kappa shape index (κ3) is 1.61. The van der Waals surface area contributed by atoms with Gasteiger partial charge in [0.1, 0.15) is 5.78 Å². The molecule has 0 aromatic carbocycles. The minimum atomic E-state index is -2.24. The molecule has 2 nitrogen and oxygen atoms in total. The van der Waals surface area contributed by atoms with E-state index in [0.29, 0.717) is 30.6 Å². The van der Waals surface area contributed by atoms with Crippen LogP contribution in [0.15, 0.2) is 36.0 Å². The predicted octanol–water partition coefficient (Wildman–Crippen LogP) is 4.03. The Hall–Kier alpha value is -1.44. The Morgan fingerprint density at radius 2 is 2.14 bits per heavy atom. The lowest BCUT2D eigenvalue weighted by Crippen LogP contribution is -2.50. The van der Waals surface area contributed by atoms with Crippen molar-refractivity contribution in [1.29, 1.82) is 0 Å². The van der Waals surface area contributed by atoms with Gasteiger partial charge >= 0.3 is 0 Å². The first kappa shape index (κ1) is 11.2. The van der Waals surface area contributed by atoms with Crippen LogP contribution in [-0.4, -0.2) is 11.6 Å². The van der Waals surface area contributed by atoms with Crippen molar-refractivity contribution in [2.75, 3.05) is 0 Å². The van der Waals surface area contributed by atoms with E-state index in [2.05, 4.69) is 13.5 Å². The maximum absolute atomic E-state index is 12.5. The van der Waals surface area contributed by atoms with Crippen molar-refractivity contribution >= 4 is 11.6 Å². The standard InChI is InChI=1S/C20H24O2/c1-12-10-14-15-4-5-18(22)20(15,3)9-7-16(14)19(2)8-6-13(21)11-17(12)19/h6,8,11,14-16H,1,4-5,7,9-10H2,2-3H3/t14-,15-,16-,19+,20-/m1/s1/i2D3. The SMILES string of the molecule is [2H]C([2H])([2H])[C@@]12C=CC(=O)C=C1C(=C)C[C@@H]1[C@H]3CCC(=O)[C@]3(C)CC[C@H]12. The summed E-state index contributed by atoms with van der Waals surface area (Å²) < 4.78 is 25.0. The second-order valence-electron chi connectivity index (χ2n) is 7.77. The summed E-state index contributed by atoms with van der Waals surface area (Å²) >= 11 is 0. The van der Waals surface area contributed by atoms with E-state index in [1.54, 1.807) is 6.08 Å². The Labute approximate surface area is 136 Å². The number of fused-ring (bicyclic) bond motifs is 5. The van der Waals surface area contributed by atoms with Gasteiger partial charge in [-0.15, -0.1) is 0 Å². The van der Waals surface area contributed by atoms with Crippen LogP contribution in [-0.2, 0) is 9.59 Å². The van der Waals surface area contributed by atoms with Crippen molar-refractivity contribution in [3.05, 3.63) is 36.0 Å². The highest BCUT2D eigenvalue weighted by molar-refractivity contribution is 6.02. The molecular formula is C20H24O2. The number of hydrogen-bond acceptors (Lipinski definition) is 2. The zero-order chi connectivity index (χ0) is 18.2. The second kappa shape index (κ2) is 4.31. The topological polar surface area (TPSA) is 34.1 Å². The number of carbonyl (C=O) groups excluding carboxylic acids is 2. The molecule has 0 unspecified atom stereocenters. The van der Waals surface area contributed by atoms with E-state index in [9.17, 15) is 9.59 Å². The van der Waals surface area contributed by atoms with E-state index in [1.807, 2.05) is 0 Å². The van der Waals surface area contributed by atoms with E-state index in [0.717, 1.165) is 18.4 Å². The third-order valence-electron chi connectivity index (χ3n) is 6.84.